The Hall–Kier alpha value is -1.66. The molecule has 6 heteroatoms. The monoisotopic (exact) mass is 373 g/mol. The summed E-state index contributed by atoms with van der Waals surface area (Å²) in [6.07, 6.45) is 3.69. The minimum Gasteiger partial charge on any atom is -0.381 e. The number of nitrogens with zero attached hydrogens (tertiary/aromatic N) is 2. The van der Waals surface area contributed by atoms with Crippen LogP contribution in [0.25, 0.3) is 10.2 Å². The average Bonchev–Trinajstić information content (AvgIpc) is 3.11. The van der Waals surface area contributed by atoms with Gasteiger partial charge in [-0.3, -0.25) is 4.79 Å². The van der Waals surface area contributed by atoms with Crippen molar-refractivity contribution in [2.24, 2.45) is 5.92 Å². The van der Waals surface area contributed by atoms with Crippen molar-refractivity contribution >= 4 is 32.6 Å². The highest BCUT2D eigenvalue weighted by atomic mass is 32.1. The standard InChI is InChI=1S/C20H27N3O2S/c1-13-3-4-17-18(14(13)2)22-20(26-17)23-9-5-15(6-10-23)19(24)21-16-7-11-25-12-8-16/h3-4,15-16H,5-12H2,1-2H3,(H,21,24). The Bertz CT molecular complexity index is 790. The third kappa shape index (κ3) is 3.58. The van der Waals surface area contributed by atoms with Crippen LogP contribution in [0.3, 0.4) is 0 Å². The van der Waals surface area contributed by atoms with Crippen molar-refractivity contribution in [3.05, 3.63) is 23.3 Å². The van der Waals surface area contributed by atoms with Gasteiger partial charge in [-0.1, -0.05) is 17.4 Å². The zero-order chi connectivity index (χ0) is 18.1. The maximum absolute atomic E-state index is 12.5. The Kier molecular flexibility index (Phi) is 5.14. The topological polar surface area (TPSA) is 54.5 Å². The van der Waals surface area contributed by atoms with Crippen molar-refractivity contribution in [2.75, 3.05) is 31.2 Å². The summed E-state index contributed by atoms with van der Waals surface area (Å²) in [5.74, 6) is 0.361. The van der Waals surface area contributed by atoms with E-state index in [1.807, 2.05) is 0 Å². The largest absolute Gasteiger partial charge is 0.381 e. The van der Waals surface area contributed by atoms with Gasteiger partial charge in [0.1, 0.15) is 0 Å². The van der Waals surface area contributed by atoms with Crippen molar-refractivity contribution in [3.8, 4) is 0 Å². The summed E-state index contributed by atoms with van der Waals surface area (Å²) in [5, 5.41) is 4.32. The molecule has 1 aromatic carbocycles. The molecule has 140 valence electrons. The van der Waals surface area contributed by atoms with E-state index in [1.165, 1.54) is 15.8 Å². The first-order valence-corrected chi connectivity index (χ1v) is 10.4. The second kappa shape index (κ2) is 7.53. The van der Waals surface area contributed by atoms with E-state index < -0.39 is 0 Å². The number of hydrogen-bond acceptors (Lipinski definition) is 5. The number of amides is 1. The molecule has 0 aliphatic carbocycles. The fourth-order valence-electron chi connectivity index (χ4n) is 3.84. The molecule has 2 fully saturated rings. The SMILES string of the molecule is Cc1ccc2sc(N3CCC(C(=O)NC4CCOCC4)CC3)nc2c1C. The van der Waals surface area contributed by atoms with Gasteiger partial charge in [0.25, 0.3) is 0 Å². The fourth-order valence-corrected chi connectivity index (χ4v) is 4.92. The van der Waals surface area contributed by atoms with Crippen LogP contribution in [0.5, 0.6) is 0 Å². The number of rotatable bonds is 3. The van der Waals surface area contributed by atoms with E-state index in [1.54, 1.807) is 11.3 Å². The van der Waals surface area contributed by atoms with Crippen LogP contribution in [0, 0.1) is 19.8 Å². The van der Waals surface area contributed by atoms with E-state index in [2.05, 4.69) is 36.2 Å². The molecule has 26 heavy (non-hydrogen) atoms. The van der Waals surface area contributed by atoms with Crippen LogP contribution in [0.1, 0.15) is 36.8 Å². The summed E-state index contributed by atoms with van der Waals surface area (Å²) in [7, 11) is 0. The summed E-state index contributed by atoms with van der Waals surface area (Å²) in [6.45, 7) is 7.62. The molecule has 0 bridgehead atoms. The van der Waals surface area contributed by atoms with Crippen molar-refractivity contribution in [2.45, 2.75) is 45.6 Å². The smallest absolute Gasteiger partial charge is 0.223 e. The second-order valence-electron chi connectivity index (χ2n) is 7.51. The fraction of sp³-hybridized carbons (Fsp3) is 0.600. The lowest BCUT2D eigenvalue weighted by molar-refractivity contribution is -0.126. The van der Waals surface area contributed by atoms with E-state index in [-0.39, 0.29) is 11.8 Å². The normalized spacial score (nSPS) is 19.8. The molecule has 4 rings (SSSR count). The quantitative estimate of drug-likeness (QED) is 0.896. The Morgan fingerprint density at radius 3 is 2.65 bits per heavy atom. The van der Waals surface area contributed by atoms with E-state index in [0.717, 1.165) is 62.6 Å². The molecule has 2 aliphatic rings. The van der Waals surface area contributed by atoms with E-state index in [4.69, 9.17) is 9.72 Å². The number of fused-ring (bicyclic) bond motifs is 1. The van der Waals surface area contributed by atoms with Gasteiger partial charge in [0.2, 0.25) is 5.91 Å². The number of hydrogen-bond donors (Lipinski definition) is 1. The van der Waals surface area contributed by atoms with Crippen LogP contribution >= 0.6 is 11.3 Å². The predicted octanol–water partition coefficient (Wildman–Crippen LogP) is 3.42. The van der Waals surface area contributed by atoms with Gasteiger partial charge < -0.3 is 15.0 Å². The predicted molar refractivity (Wildman–Crippen MR) is 106 cm³/mol. The molecule has 2 aliphatic heterocycles. The molecule has 2 aromatic rings. The van der Waals surface area contributed by atoms with Gasteiger partial charge in [-0.05, 0) is 56.7 Å². The summed E-state index contributed by atoms with van der Waals surface area (Å²) in [6, 6.07) is 4.64. The molecule has 3 heterocycles. The van der Waals surface area contributed by atoms with Crippen LogP contribution in [0.2, 0.25) is 0 Å². The van der Waals surface area contributed by atoms with E-state index in [0.29, 0.717) is 6.04 Å². The summed E-state index contributed by atoms with van der Waals surface area (Å²) in [4.78, 5) is 19.8. The Morgan fingerprint density at radius 1 is 1.19 bits per heavy atom. The Balaban J connectivity index is 1.37. The van der Waals surface area contributed by atoms with Gasteiger partial charge in [-0.25, -0.2) is 4.98 Å². The second-order valence-corrected chi connectivity index (χ2v) is 8.52. The number of carbonyl (C=O) groups excluding carboxylic acids is 1. The number of anilines is 1. The van der Waals surface area contributed by atoms with Crippen LogP contribution in [0.15, 0.2) is 12.1 Å². The van der Waals surface area contributed by atoms with Crippen LogP contribution < -0.4 is 10.2 Å². The number of thiazole rings is 1. The van der Waals surface area contributed by atoms with Crippen molar-refractivity contribution in [1.29, 1.82) is 0 Å². The number of carbonyl (C=O) groups is 1. The molecule has 1 amide bonds. The van der Waals surface area contributed by atoms with Gasteiger partial charge in [-0.2, -0.15) is 0 Å². The van der Waals surface area contributed by atoms with Crippen molar-refractivity contribution < 1.29 is 9.53 Å². The van der Waals surface area contributed by atoms with Crippen LogP contribution in [0.4, 0.5) is 5.13 Å². The maximum Gasteiger partial charge on any atom is 0.223 e. The first-order chi connectivity index (χ1) is 12.6. The van der Waals surface area contributed by atoms with Crippen LogP contribution in [-0.2, 0) is 9.53 Å². The van der Waals surface area contributed by atoms with E-state index >= 15 is 0 Å². The minimum absolute atomic E-state index is 0.132. The molecule has 1 aromatic heterocycles. The molecular formula is C20H27N3O2S. The third-order valence-corrected chi connectivity index (χ3v) is 6.86. The highest BCUT2D eigenvalue weighted by Gasteiger charge is 2.28. The zero-order valence-corrected chi connectivity index (χ0v) is 16.4. The molecule has 0 atom stereocenters. The van der Waals surface area contributed by atoms with Gasteiger partial charge in [0.15, 0.2) is 5.13 Å². The van der Waals surface area contributed by atoms with Crippen LogP contribution in [-0.4, -0.2) is 43.2 Å². The lowest BCUT2D eigenvalue weighted by Gasteiger charge is -2.32. The minimum atomic E-state index is 0.132. The number of aromatic nitrogens is 1. The van der Waals surface area contributed by atoms with Gasteiger partial charge in [-0.15, -0.1) is 0 Å². The Morgan fingerprint density at radius 2 is 1.92 bits per heavy atom. The van der Waals surface area contributed by atoms with Gasteiger partial charge in [0, 0.05) is 38.3 Å². The lowest BCUT2D eigenvalue weighted by Crippen LogP contribution is -2.45. The van der Waals surface area contributed by atoms with Crippen molar-refractivity contribution in [3.63, 3.8) is 0 Å². The maximum atomic E-state index is 12.5. The number of aryl methyl sites for hydroxylation is 2. The number of ether oxygens (including phenoxy) is 1. The molecule has 2 saturated heterocycles. The summed E-state index contributed by atoms with van der Waals surface area (Å²) < 4.78 is 6.62. The lowest BCUT2D eigenvalue weighted by atomic mass is 9.95. The highest BCUT2D eigenvalue weighted by Crippen LogP contribution is 2.33. The van der Waals surface area contributed by atoms with E-state index in [9.17, 15) is 4.79 Å². The number of benzene rings is 1. The number of nitrogens with one attached hydrogen (secondary N) is 1. The van der Waals surface area contributed by atoms with Gasteiger partial charge in [0.05, 0.1) is 10.2 Å². The number of piperidine rings is 1. The zero-order valence-electron chi connectivity index (χ0n) is 15.6. The summed E-state index contributed by atoms with van der Waals surface area (Å²) >= 11 is 1.77. The molecule has 5 nitrogen and oxygen atoms in total. The first-order valence-electron chi connectivity index (χ1n) is 9.61. The molecule has 0 saturated carbocycles. The Labute approximate surface area is 158 Å². The molecule has 0 radical (unpaired) electrons. The molecule has 0 unspecified atom stereocenters. The molecular weight excluding hydrogens is 346 g/mol. The highest BCUT2D eigenvalue weighted by molar-refractivity contribution is 7.22. The molecule has 1 N–H and O–H groups in total. The molecule has 0 spiro atoms. The van der Waals surface area contributed by atoms with Crippen molar-refractivity contribution in [1.82, 2.24) is 10.3 Å². The van der Waals surface area contributed by atoms with Gasteiger partial charge >= 0.3 is 0 Å². The third-order valence-electron chi connectivity index (χ3n) is 5.78. The first kappa shape index (κ1) is 17.7. The summed E-state index contributed by atoms with van der Waals surface area (Å²) in [5.41, 5.74) is 3.69. The average molecular weight is 374 g/mol.